The maximum Gasteiger partial charge on any atom is 0.331 e. The van der Waals surface area contributed by atoms with E-state index in [0.29, 0.717) is 16.4 Å². The average molecular weight is 476 g/mol. The van der Waals surface area contributed by atoms with Gasteiger partial charge >= 0.3 is 5.97 Å². The zero-order valence-electron chi connectivity index (χ0n) is 19.6. The summed E-state index contributed by atoms with van der Waals surface area (Å²) in [6, 6.07) is 17.5. The van der Waals surface area contributed by atoms with E-state index in [4.69, 9.17) is 16.3 Å². The molecule has 1 aromatic heterocycles. The summed E-state index contributed by atoms with van der Waals surface area (Å²) in [5.74, 6) is -0.910. The highest BCUT2D eigenvalue weighted by Gasteiger charge is 2.38. The smallest absolute Gasteiger partial charge is 0.331 e. The molecule has 7 heteroatoms. The number of benzene rings is 2. The molecule has 0 unspecified atom stereocenters. The summed E-state index contributed by atoms with van der Waals surface area (Å²) in [6.07, 6.45) is 4.37. The Morgan fingerprint density at radius 3 is 2.47 bits per heavy atom. The first-order valence-corrected chi connectivity index (χ1v) is 11.3. The summed E-state index contributed by atoms with van der Waals surface area (Å²) in [6.45, 7) is 5.61. The zero-order chi connectivity index (χ0) is 24.5. The van der Waals surface area contributed by atoms with E-state index in [-0.39, 0.29) is 17.8 Å². The van der Waals surface area contributed by atoms with Crippen molar-refractivity contribution >= 4 is 35.1 Å². The number of rotatable bonds is 6. The summed E-state index contributed by atoms with van der Waals surface area (Å²) in [4.78, 5) is 26.9. The lowest BCUT2D eigenvalue weighted by atomic mass is 9.83. The second kappa shape index (κ2) is 9.31. The second-order valence-electron chi connectivity index (χ2n) is 8.68. The summed E-state index contributed by atoms with van der Waals surface area (Å²) in [5, 5.41) is 4.83. The van der Waals surface area contributed by atoms with Gasteiger partial charge in [-0.05, 0) is 36.8 Å². The van der Waals surface area contributed by atoms with Crippen molar-refractivity contribution in [2.45, 2.75) is 26.2 Å². The lowest BCUT2D eigenvalue weighted by Gasteiger charge is -2.23. The summed E-state index contributed by atoms with van der Waals surface area (Å²) < 4.78 is 6.79. The van der Waals surface area contributed by atoms with Gasteiger partial charge in [0.15, 0.2) is 12.4 Å². The maximum atomic E-state index is 12.6. The number of aryl methyl sites for hydroxylation is 1. The van der Waals surface area contributed by atoms with Crippen molar-refractivity contribution in [1.29, 1.82) is 0 Å². The average Bonchev–Trinajstić information content (AvgIpc) is 3.22. The van der Waals surface area contributed by atoms with E-state index in [1.165, 1.54) is 6.08 Å². The van der Waals surface area contributed by atoms with Crippen molar-refractivity contribution in [1.82, 2.24) is 9.78 Å². The monoisotopic (exact) mass is 475 g/mol. The highest BCUT2D eigenvalue weighted by molar-refractivity contribution is 6.31. The number of halogens is 1. The van der Waals surface area contributed by atoms with Gasteiger partial charge < -0.3 is 9.64 Å². The van der Waals surface area contributed by atoms with Gasteiger partial charge in [0.05, 0.1) is 11.4 Å². The molecule has 2 heterocycles. The van der Waals surface area contributed by atoms with Crippen LogP contribution >= 0.6 is 11.6 Å². The van der Waals surface area contributed by atoms with E-state index in [1.807, 2.05) is 67.4 Å². The fourth-order valence-electron chi connectivity index (χ4n) is 4.24. The van der Waals surface area contributed by atoms with Crippen LogP contribution < -0.4 is 4.90 Å². The standard InChI is InChI=1S/C27H26ClN3O3/c1-18-21(26(28)31(29-18)19-10-6-5-7-11-19)14-15-25(33)34-17-20(32)16-24-27(2,3)22-12-8-9-13-23(22)30(24)4/h5-16H,17H2,1-4H3/b15-14+,24-16-. The summed E-state index contributed by atoms with van der Waals surface area (Å²) in [7, 11) is 1.93. The van der Waals surface area contributed by atoms with Gasteiger partial charge in [-0.3, -0.25) is 4.79 Å². The van der Waals surface area contributed by atoms with Crippen LogP contribution in [0.4, 0.5) is 5.69 Å². The van der Waals surface area contributed by atoms with Gasteiger partial charge in [0.1, 0.15) is 5.15 Å². The van der Waals surface area contributed by atoms with Crippen molar-refractivity contribution < 1.29 is 14.3 Å². The van der Waals surface area contributed by atoms with Crippen LogP contribution in [0.1, 0.15) is 30.7 Å². The summed E-state index contributed by atoms with van der Waals surface area (Å²) in [5.41, 5.74) is 4.86. The number of aromatic nitrogens is 2. The number of ketones is 1. The first-order chi connectivity index (χ1) is 16.2. The van der Waals surface area contributed by atoms with E-state index in [9.17, 15) is 9.59 Å². The highest BCUT2D eigenvalue weighted by atomic mass is 35.5. The Morgan fingerprint density at radius 2 is 1.76 bits per heavy atom. The molecule has 174 valence electrons. The lowest BCUT2D eigenvalue weighted by Crippen LogP contribution is -2.25. The normalized spacial score (nSPS) is 15.7. The first-order valence-electron chi connectivity index (χ1n) is 10.9. The molecule has 4 rings (SSSR count). The molecule has 1 aliphatic rings. The van der Waals surface area contributed by atoms with E-state index in [2.05, 4.69) is 25.0 Å². The van der Waals surface area contributed by atoms with Gasteiger partial charge in [0.25, 0.3) is 0 Å². The quantitative estimate of drug-likeness (QED) is 0.359. The molecular formula is C27H26ClN3O3. The minimum atomic E-state index is -0.628. The van der Waals surface area contributed by atoms with Crippen LogP contribution in [0.2, 0.25) is 5.15 Å². The predicted molar refractivity (Wildman–Crippen MR) is 134 cm³/mol. The number of allylic oxidation sites excluding steroid dienone is 1. The Labute approximate surface area is 204 Å². The number of anilines is 1. The molecule has 0 N–H and O–H groups in total. The molecule has 0 bridgehead atoms. The minimum absolute atomic E-state index is 0.282. The molecule has 1 aliphatic heterocycles. The van der Waals surface area contributed by atoms with Crippen LogP contribution in [-0.4, -0.2) is 35.2 Å². The number of hydrogen-bond acceptors (Lipinski definition) is 5. The number of ether oxygens (including phenoxy) is 1. The van der Waals surface area contributed by atoms with Crippen molar-refractivity contribution in [2.75, 3.05) is 18.6 Å². The molecule has 34 heavy (non-hydrogen) atoms. The number of nitrogens with zero attached hydrogens (tertiary/aromatic N) is 3. The fraction of sp³-hybridized carbons (Fsp3) is 0.222. The number of carbonyl (C=O) groups is 2. The van der Waals surface area contributed by atoms with Gasteiger partial charge in [-0.2, -0.15) is 5.10 Å². The van der Waals surface area contributed by atoms with Gasteiger partial charge in [-0.1, -0.05) is 61.8 Å². The molecular weight excluding hydrogens is 450 g/mol. The molecule has 0 atom stereocenters. The molecule has 6 nitrogen and oxygen atoms in total. The van der Waals surface area contributed by atoms with E-state index in [1.54, 1.807) is 16.8 Å². The van der Waals surface area contributed by atoms with Crippen molar-refractivity contribution in [3.63, 3.8) is 0 Å². The molecule has 0 spiro atoms. The van der Waals surface area contributed by atoms with Gasteiger partial charge in [0, 0.05) is 41.6 Å². The molecule has 0 radical (unpaired) electrons. The predicted octanol–water partition coefficient (Wildman–Crippen LogP) is 5.27. The molecule has 0 fully saturated rings. The molecule has 0 saturated carbocycles. The maximum absolute atomic E-state index is 12.6. The van der Waals surface area contributed by atoms with Gasteiger partial charge in [-0.25, -0.2) is 9.48 Å². The Balaban J connectivity index is 1.41. The summed E-state index contributed by atoms with van der Waals surface area (Å²) >= 11 is 6.48. The van der Waals surface area contributed by atoms with Crippen LogP contribution in [-0.2, 0) is 19.7 Å². The third-order valence-electron chi connectivity index (χ3n) is 6.03. The third-order valence-corrected chi connectivity index (χ3v) is 6.39. The number of hydrogen-bond donors (Lipinski definition) is 0. The molecule has 2 aromatic carbocycles. The van der Waals surface area contributed by atoms with Crippen LogP contribution in [0.25, 0.3) is 11.8 Å². The van der Waals surface area contributed by atoms with Crippen molar-refractivity contribution in [2.24, 2.45) is 0 Å². The Bertz CT molecular complexity index is 1310. The number of likely N-dealkylation sites (N-methyl/N-ethyl adjacent to an activating group) is 1. The molecule has 0 aliphatic carbocycles. The fourth-order valence-corrected chi connectivity index (χ4v) is 4.57. The molecule has 3 aromatic rings. The molecule has 0 saturated heterocycles. The first kappa shape index (κ1) is 23.5. The minimum Gasteiger partial charge on any atom is -0.454 e. The van der Waals surface area contributed by atoms with Crippen molar-refractivity contribution in [3.8, 4) is 5.69 Å². The SMILES string of the molecule is Cc1nn(-c2ccccc2)c(Cl)c1/C=C/C(=O)OCC(=O)/C=C1\N(C)c2ccccc2C1(C)C. The van der Waals surface area contributed by atoms with E-state index < -0.39 is 5.97 Å². The van der Waals surface area contributed by atoms with Crippen molar-refractivity contribution in [3.05, 3.63) is 94.4 Å². The Kier molecular flexibility index (Phi) is 6.44. The number of fused-ring (bicyclic) bond motifs is 1. The largest absolute Gasteiger partial charge is 0.454 e. The van der Waals surface area contributed by atoms with Crippen LogP contribution in [0, 0.1) is 6.92 Å². The highest BCUT2D eigenvalue weighted by Crippen LogP contribution is 2.46. The topological polar surface area (TPSA) is 64.4 Å². The van der Waals surface area contributed by atoms with E-state index >= 15 is 0 Å². The third kappa shape index (κ3) is 4.41. The Morgan fingerprint density at radius 1 is 1.09 bits per heavy atom. The van der Waals surface area contributed by atoms with Gasteiger partial charge in [0.2, 0.25) is 0 Å². The lowest BCUT2D eigenvalue weighted by molar-refractivity contribution is -0.141. The second-order valence-corrected chi connectivity index (χ2v) is 9.03. The van der Waals surface area contributed by atoms with E-state index in [0.717, 1.165) is 22.6 Å². The van der Waals surface area contributed by atoms with Gasteiger partial charge in [-0.15, -0.1) is 0 Å². The zero-order valence-corrected chi connectivity index (χ0v) is 20.3. The van der Waals surface area contributed by atoms with Crippen LogP contribution in [0.5, 0.6) is 0 Å². The number of para-hydroxylation sites is 2. The number of carbonyl (C=O) groups excluding carboxylic acids is 2. The Hall–Kier alpha value is -3.64. The van der Waals surface area contributed by atoms with Crippen LogP contribution in [0.15, 0.2) is 72.4 Å². The molecule has 0 amide bonds. The van der Waals surface area contributed by atoms with Crippen LogP contribution in [0.3, 0.4) is 0 Å². The number of esters is 1.